The number of rotatable bonds is 5. The number of fused-ring (bicyclic) bond motifs is 9. The Morgan fingerprint density at radius 2 is 0.736 bits per heavy atom. The molecule has 0 radical (unpaired) electrons. The van der Waals surface area contributed by atoms with Crippen LogP contribution in [-0.2, 0) is 0 Å². The molecule has 0 fully saturated rings. The van der Waals surface area contributed by atoms with Gasteiger partial charge in [-0.25, -0.2) is 0 Å². The fourth-order valence-electron chi connectivity index (χ4n) is 8.40. The number of nitrogens with zero attached hydrogens (tertiary/aromatic N) is 1. The maximum Gasteiger partial charge on any atom is 0.137 e. The van der Waals surface area contributed by atoms with E-state index in [1.807, 2.05) is 18.2 Å². The molecule has 248 valence electrons. The summed E-state index contributed by atoms with van der Waals surface area (Å²) >= 11 is 0. The van der Waals surface area contributed by atoms with E-state index in [1.165, 1.54) is 27.1 Å². The third-order valence-electron chi connectivity index (χ3n) is 10.7. The maximum atomic E-state index is 6.51. The Morgan fingerprint density at radius 1 is 0.283 bits per heavy atom. The molecule has 0 amide bonds. The van der Waals surface area contributed by atoms with Gasteiger partial charge in [0.25, 0.3) is 0 Å². The lowest BCUT2D eigenvalue weighted by Crippen LogP contribution is -2.13. The van der Waals surface area contributed by atoms with Crippen molar-refractivity contribution in [2.45, 2.75) is 0 Å². The van der Waals surface area contributed by atoms with Gasteiger partial charge in [-0.1, -0.05) is 140 Å². The minimum Gasteiger partial charge on any atom is -0.456 e. The smallest absolute Gasteiger partial charge is 0.137 e. The predicted octanol–water partition coefficient (Wildman–Crippen LogP) is 14.6. The quantitative estimate of drug-likeness (QED) is 0.170. The summed E-state index contributed by atoms with van der Waals surface area (Å²) in [7, 11) is 0. The number of hydrogen-bond acceptors (Lipinski definition) is 3. The molecular formula is C50H31NO2. The molecule has 3 nitrogen and oxygen atoms in total. The molecule has 0 spiro atoms. The molecule has 0 saturated heterocycles. The van der Waals surface area contributed by atoms with Crippen LogP contribution in [0.3, 0.4) is 0 Å². The zero-order valence-electron chi connectivity index (χ0n) is 28.7. The summed E-state index contributed by atoms with van der Waals surface area (Å²) in [5.74, 6) is 0. The molecule has 0 aliphatic rings. The predicted molar refractivity (Wildman–Crippen MR) is 222 cm³/mol. The number of anilines is 3. The molecule has 3 heteroatoms. The lowest BCUT2D eigenvalue weighted by molar-refractivity contribution is 0.668. The van der Waals surface area contributed by atoms with Crippen LogP contribution in [-0.4, -0.2) is 0 Å². The van der Waals surface area contributed by atoms with E-state index in [9.17, 15) is 0 Å². The van der Waals surface area contributed by atoms with Gasteiger partial charge in [-0.2, -0.15) is 0 Å². The maximum absolute atomic E-state index is 6.51. The van der Waals surface area contributed by atoms with Gasteiger partial charge in [-0.15, -0.1) is 0 Å². The monoisotopic (exact) mass is 677 g/mol. The highest BCUT2D eigenvalue weighted by molar-refractivity contribution is 6.19. The van der Waals surface area contributed by atoms with Crippen LogP contribution < -0.4 is 4.90 Å². The van der Waals surface area contributed by atoms with Crippen LogP contribution in [0.2, 0.25) is 0 Å². The molecule has 9 aromatic carbocycles. The van der Waals surface area contributed by atoms with Crippen LogP contribution in [0, 0.1) is 0 Å². The van der Waals surface area contributed by atoms with E-state index in [0.29, 0.717) is 0 Å². The first-order valence-electron chi connectivity index (χ1n) is 18.0. The van der Waals surface area contributed by atoms with Gasteiger partial charge in [0.1, 0.15) is 22.3 Å². The minimum atomic E-state index is 0.850. The number of furan rings is 2. The summed E-state index contributed by atoms with van der Waals surface area (Å²) in [6.45, 7) is 0. The Labute approximate surface area is 305 Å². The number of para-hydroxylation sites is 4. The second-order valence-corrected chi connectivity index (χ2v) is 13.6. The van der Waals surface area contributed by atoms with Crippen molar-refractivity contribution < 1.29 is 8.83 Å². The zero-order chi connectivity index (χ0) is 34.9. The van der Waals surface area contributed by atoms with Gasteiger partial charge < -0.3 is 13.7 Å². The number of hydrogen-bond donors (Lipinski definition) is 0. The highest BCUT2D eigenvalue weighted by Crippen LogP contribution is 2.50. The Hall–Kier alpha value is -7.10. The fourth-order valence-corrected chi connectivity index (χ4v) is 8.40. The average molecular weight is 678 g/mol. The standard InChI is InChI=1S/C50H31NO2/c1-2-16-33-32(15-1)31-41(35-18-4-3-17-34(33)35)37-20-6-10-25-43(37)51(44-26-14-30-48-50(44)40-22-8-12-28-46(40)53-48)42-24-9-5-19-36(42)38-23-13-29-47-49(38)39-21-7-11-27-45(39)52-47/h1-31H. The van der Waals surface area contributed by atoms with E-state index in [1.54, 1.807) is 0 Å². The summed E-state index contributed by atoms with van der Waals surface area (Å²) in [6.07, 6.45) is 0. The largest absolute Gasteiger partial charge is 0.456 e. The molecule has 0 atom stereocenters. The highest BCUT2D eigenvalue weighted by atomic mass is 16.3. The van der Waals surface area contributed by atoms with E-state index in [4.69, 9.17) is 8.83 Å². The molecule has 11 rings (SSSR count). The summed E-state index contributed by atoms with van der Waals surface area (Å²) in [5.41, 5.74) is 11.2. The first kappa shape index (κ1) is 29.6. The van der Waals surface area contributed by atoms with Gasteiger partial charge in [0.15, 0.2) is 0 Å². The Kier molecular flexibility index (Phi) is 6.55. The average Bonchev–Trinajstić information content (AvgIpc) is 3.80. The van der Waals surface area contributed by atoms with Gasteiger partial charge in [0, 0.05) is 27.3 Å². The summed E-state index contributed by atoms with van der Waals surface area (Å²) in [6, 6.07) is 66.8. The third kappa shape index (κ3) is 4.54. The SMILES string of the molecule is c1ccc(N(c2ccccc2-c2cccc3oc4ccccc4c23)c2cccc3oc4ccccc4c23)c(-c2cc3ccccc3c3ccccc23)c1. The second-order valence-electron chi connectivity index (χ2n) is 13.6. The van der Waals surface area contributed by atoms with Crippen molar-refractivity contribution in [3.63, 3.8) is 0 Å². The summed E-state index contributed by atoms with van der Waals surface area (Å²) in [5, 5.41) is 9.28. The van der Waals surface area contributed by atoms with Gasteiger partial charge in [0.05, 0.1) is 22.4 Å². The van der Waals surface area contributed by atoms with Crippen LogP contribution in [0.5, 0.6) is 0 Å². The van der Waals surface area contributed by atoms with Crippen LogP contribution >= 0.6 is 0 Å². The van der Waals surface area contributed by atoms with E-state index >= 15 is 0 Å². The molecular weight excluding hydrogens is 647 g/mol. The Morgan fingerprint density at radius 3 is 1.45 bits per heavy atom. The summed E-state index contributed by atoms with van der Waals surface area (Å²) < 4.78 is 12.9. The number of benzene rings is 9. The zero-order valence-corrected chi connectivity index (χ0v) is 28.7. The molecule has 0 bridgehead atoms. The van der Waals surface area contributed by atoms with Crippen molar-refractivity contribution in [1.29, 1.82) is 0 Å². The Bertz CT molecular complexity index is 3200. The lowest BCUT2D eigenvalue weighted by Gasteiger charge is -2.31. The van der Waals surface area contributed by atoms with Crippen LogP contribution in [0.4, 0.5) is 17.1 Å². The molecule has 0 aliphatic heterocycles. The van der Waals surface area contributed by atoms with Gasteiger partial charge in [-0.3, -0.25) is 0 Å². The molecule has 0 N–H and O–H groups in total. The molecule has 0 aliphatic carbocycles. The van der Waals surface area contributed by atoms with Crippen molar-refractivity contribution >= 4 is 82.5 Å². The normalized spacial score (nSPS) is 11.8. The van der Waals surface area contributed by atoms with Crippen molar-refractivity contribution in [2.75, 3.05) is 4.90 Å². The molecule has 0 saturated carbocycles. The van der Waals surface area contributed by atoms with Gasteiger partial charge in [-0.05, 0) is 81.2 Å². The van der Waals surface area contributed by atoms with Crippen molar-refractivity contribution in [3.05, 3.63) is 188 Å². The topological polar surface area (TPSA) is 29.5 Å². The third-order valence-corrected chi connectivity index (χ3v) is 10.7. The van der Waals surface area contributed by atoms with Crippen LogP contribution in [0.15, 0.2) is 197 Å². The highest BCUT2D eigenvalue weighted by Gasteiger charge is 2.26. The molecule has 53 heavy (non-hydrogen) atoms. The van der Waals surface area contributed by atoms with E-state index in [-0.39, 0.29) is 0 Å². The first-order valence-corrected chi connectivity index (χ1v) is 18.0. The Balaban J connectivity index is 1.26. The molecule has 11 aromatic rings. The van der Waals surface area contributed by atoms with Gasteiger partial charge >= 0.3 is 0 Å². The molecule has 2 aromatic heterocycles. The van der Waals surface area contributed by atoms with Gasteiger partial charge in [0.2, 0.25) is 0 Å². The van der Waals surface area contributed by atoms with E-state index < -0.39 is 0 Å². The lowest BCUT2D eigenvalue weighted by atomic mass is 9.91. The van der Waals surface area contributed by atoms with Crippen molar-refractivity contribution in [3.8, 4) is 22.3 Å². The van der Waals surface area contributed by atoms with Crippen molar-refractivity contribution in [2.24, 2.45) is 0 Å². The minimum absolute atomic E-state index is 0.850. The molecule has 0 unspecified atom stereocenters. The first-order chi connectivity index (χ1) is 26.3. The molecule has 2 heterocycles. The summed E-state index contributed by atoms with van der Waals surface area (Å²) in [4.78, 5) is 2.44. The van der Waals surface area contributed by atoms with E-state index in [2.05, 4.69) is 175 Å². The van der Waals surface area contributed by atoms with Crippen molar-refractivity contribution in [1.82, 2.24) is 0 Å². The second kappa shape index (κ2) is 11.7. The fraction of sp³-hybridized carbons (Fsp3) is 0. The van der Waals surface area contributed by atoms with Crippen LogP contribution in [0.25, 0.3) is 87.7 Å². The van der Waals surface area contributed by atoms with Crippen LogP contribution in [0.1, 0.15) is 0 Å². The van der Waals surface area contributed by atoms with E-state index in [0.717, 1.165) is 77.6 Å².